The highest BCUT2D eigenvalue weighted by molar-refractivity contribution is 6.59. The average molecular weight is 264 g/mol. The summed E-state index contributed by atoms with van der Waals surface area (Å²) in [5.41, 5.74) is 0.618. The predicted molar refractivity (Wildman–Crippen MR) is 83.9 cm³/mol. The average Bonchev–Trinajstić information content (AvgIpc) is 2.82. The van der Waals surface area contributed by atoms with Gasteiger partial charge in [0.1, 0.15) is 0 Å². The molecular formula is C16H29NSi. The summed E-state index contributed by atoms with van der Waals surface area (Å²) in [6, 6.07) is 0.436. The van der Waals surface area contributed by atoms with Gasteiger partial charge in [0.2, 0.25) is 0 Å². The summed E-state index contributed by atoms with van der Waals surface area (Å²) in [7, 11) is -0.669. The molecule has 0 heterocycles. The van der Waals surface area contributed by atoms with Crippen molar-refractivity contribution in [1.29, 1.82) is 0 Å². The van der Waals surface area contributed by atoms with Crippen LogP contribution in [0.15, 0.2) is 24.3 Å². The zero-order chi connectivity index (χ0) is 13.6. The Balaban J connectivity index is 2.24. The Morgan fingerprint density at radius 2 is 1.56 bits per heavy atom. The van der Waals surface area contributed by atoms with Crippen LogP contribution >= 0.6 is 0 Å². The molecule has 2 heteroatoms. The number of allylic oxidation sites excluding steroid dienone is 2. The van der Waals surface area contributed by atoms with E-state index in [1.165, 1.54) is 12.8 Å². The monoisotopic (exact) mass is 263 g/mol. The molecule has 1 saturated carbocycles. The summed E-state index contributed by atoms with van der Waals surface area (Å²) in [5.74, 6) is 0. The third kappa shape index (κ3) is 1.85. The molecule has 0 aromatic rings. The van der Waals surface area contributed by atoms with E-state index in [9.17, 15) is 0 Å². The van der Waals surface area contributed by atoms with Gasteiger partial charge < -0.3 is 5.32 Å². The van der Waals surface area contributed by atoms with Crippen LogP contribution in [-0.4, -0.2) is 20.4 Å². The molecule has 0 saturated heterocycles. The lowest BCUT2D eigenvalue weighted by Crippen LogP contribution is -2.56. The van der Waals surface area contributed by atoms with Crippen LogP contribution in [0, 0.1) is 5.41 Å². The van der Waals surface area contributed by atoms with Crippen molar-refractivity contribution in [3.05, 3.63) is 24.3 Å². The summed E-state index contributed by atoms with van der Waals surface area (Å²) < 4.78 is 0. The largest absolute Gasteiger partial charge is 0.301 e. The van der Waals surface area contributed by atoms with Gasteiger partial charge in [-0.2, -0.15) is 0 Å². The first-order valence-corrected chi connectivity index (χ1v) is 10.2. The first kappa shape index (κ1) is 14.1. The molecule has 1 nitrogen and oxygen atoms in total. The lowest BCUT2D eigenvalue weighted by Gasteiger charge is -2.50. The third-order valence-electron chi connectivity index (χ3n) is 6.46. The minimum Gasteiger partial charge on any atom is -0.301 e. The maximum absolute atomic E-state index is 3.90. The summed E-state index contributed by atoms with van der Waals surface area (Å²) in [5, 5.41) is 4.46. The van der Waals surface area contributed by atoms with Gasteiger partial charge in [0.25, 0.3) is 0 Å². The Bertz CT molecular complexity index is 371. The Labute approximate surface area is 114 Å². The van der Waals surface area contributed by atoms with E-state index in [1.54, 1.807) is 0 Å². The molecular weight excluding hydrogens is 234 g/mol. The fourth-order valence-electron chi connectivity index (χ4n) is 3.92. The number of nitrogens with one attached hydrogen (secondary N) is 1. The summed E-state index contributed by atoms with van der Waals surface area (Å²) in [6.07, 6.45) is 11.5. The van der Waals surface area contributed by atoms with Crippen LogP contribution in [0.3, 0.4) is 0 Å². The third-order valence-corrected chi connectivity index (χ3v) is 10.0. The number of hydrogen-bond donors (Lipinski definition) is 1. The summed E-state index contributed by atoms with van der Waals surface area (Å²) >= 11 is 0. The molecule has 0 radical (unpaired) electrons. The van der Waals surface area contributed by atoms with Gasteiger partial charge in [0.05, 0.1) is 0 Å². The van der Waals surface area contributed by atoms with E-state index in [2.05, 4.69) is 70.4 Å². The normalized spacial score (nSPS) is 39.1. The van der Waals surface area contributed by atoms with Gasteiger partial charge in [-0.05, 0) is 30.2 Å². The van der Waals surface area contributed by atoms with Crippen LogP contribution in [0.1, 0.15) is 40.5 Å². The SMILES string of the molecule is C[SiH](C)C1(C)CCC(C)(NC2C=CC=C2)C1(C)C. The summed E-state index contributed by atoms with van der Waals surface area (Å²) in [4.78, 5) is 0. The van der Waals surface area contributed by atoms with Crippen molar-refractivity contribution in [1.82, 2.24) is 5.32 Å². The highest BCUT2D eigenvalue weighted by atomic mass is 28.3. The Morgan fingerprint density at radius 3 is 2.00 bits per heavy atom. The van der Waals surface area contributed by atoms with Crippen molar-refractivity contribution in [2.45, 2.75) is 70.2 Å². The van der Waals surface area contributed by atoms with E-state index in [0.29, 0.717) is 16.5 Å². The van der Waals surface area contributed by atoms with E-state index in [4.69, 9.17) is 0 Å². The lowest BCUT2D eigenvalue weighted by atomic mass is 9.71. The van der Waals surface area contributed by atoms with Crippen molar-refractivity contribution in [2.24, 2.45) is 5.41 Å². The van der Waals surface area contributed by atoms with Gasteiger partial charge in [-0.15, -0.1) is 0 Å². The van der Waals surface area contributed by atoms with E-state index in [0.717, 1.165) is 0 Å². The quantitative estimate of drug-likeness (QED) is 0.762. The van der Waals surface area contributed by atoms with Crippen LogP contribution in [0.2, 0.25) is 18.1 Å². The zero-order valence-electron chi connectivity index (χ0n) is 12.9. The van der Waals surface area contributed by atoms with Crippen LogP contribution < -0.4 is 5.32 Å². The minimum atomic E-state index is -0.669. The van der Waals surface area contributed by atoms with Crippen LogP contribution in [-0.2, 0) is 0 Å². The molecule has 0 aliphatic heterocycles. The van der Waals surface area contributed by atoms with Crippen molar-refractivity contribution < 1.29 is 0 Å². The molecule has 2 aliphatic carbocycles. The zero-order valence-corrected chi connectivity index (χ0v) is 14.0. The molecule has 0 aromatic carbocycles. The van der Waals surface area contributed by atoms with Crippen LogP contribution in [0.25, 0.3) is 0 Å². The Morgan fingerprint density at radius 1 is 1.00 bits per heavy atom. The fourth-order valence-corrected chi connectivity index (χ4v) is 6.41. The minimum absolute atomic E-state index is 0.253. The van der Waals surface area contributed by atoms with Crippen molar-refractivity contribution in [2.75, 3.05) is 0 Å². The molecule has 1 fully saturated rings. The van der Waals surface area contributed by atoms with Crippen molar-refractivity contribution in [3.8, 4) is 0 Å². The molecule has 102 valence electrons. The van der Waals surface area contributed by atoms with E-state index >= 15 is 0 Å². The molecule has 2 aliphatic rings. The molecule has 1 N–H and O–H groups in total. The van der Waals surface area contributed by atoms with Crippen molar-refractivity contribution in [3.63, 3.8) is 0 Å². The standard InChI is InChI=1S/C16H29NSi/c1-14(2)15(3,17-13-9-7-8-10-13)11-12-16(14,4)18(5)6/h7-10,13,17-18H,11-12H2,1-6H3. The van der Waals surface area contributed by atoms with Gasteiger partial charge in [0, 0.05) is 20.4 Å². The van der Waals surface area contributed by atoms with E-state index in [1.807, 2.05) is 0 Å². The van der Waals surface area contributed by atoms with Crippen LogP contribution in [0.5, 0.6) is 0 Å². The second-order valence-corrected chi connectivity index (χ2v) is 11.1. The Hall–Kier alpha value is -0.343. The highest BCUT2D eigenvalue weighted by Crippen LogP contribution is 2.64. The number of rotatable bonds is 3. The molecule has 0 spiro atoms. The van der Waals surface area contributed by atoms with Gasteiger partial charge in [-0.25, -0.2) is 0 Å². The molecule has 2 rings (SSSR count). The molecule has 0 aromatic heterocycles. The Kier molecular flexibility index (Phi) is 3.40. The molecule has 2 atom stereocenters. The molecule has 0 amide bonds. The second-order valence-electron chi connectivity index (χ2n) is 7.47. The fraction of sp³-hybridized carbons (Fsp3) is 0.750. The summed E-state index contributed by atoms with van der Waals surface area (Å²) in [6.45, 7) is 15.0. The molecule has 0 bridgehead atoms. The van der Waals surface area contributed by atoms with Gasteiger partial charge in [-0.1, -0.05) is 58.2 Å². The van der Waals surface area contributed by atoms with Gasteiger partial charge in [0.15, 0.2) is 0 Å². The first-order valence-electron chi connectivity index (χ1n) is 7.36. The topological polar surface area (TPSA) is 12.0 Å². The maximum Gasteiger partial charge on any atom is 0.0446 e. The predicted octanol–water partition coefficient (Wildman–Crippen LogP) is 3.90. The van der Waals surface area contributed by atoms with Gasteiger partial charge in [-0.3, -0.25) is 0 Å². The second kappa shape index (κ2) is 4.34. The van der Waals surface area contributed by atoms with Gasteiger partial charge >= 0.3 is 0 Å². The first-order chi connectivity index (χ1) is 8.23. The molecule has 2 unspecified atom stereocenters. The van der Waals surface area contributed by atoms with Crippen LogP contribution in [0.4, 0.5) is 0 Å². The molecule has 18 heavy (non-hydrogen) atoms. The highest BCUT2D eigenvalue weighted by Gasteiger charge is 2.59. The van der Waals surface area contributed by atoms with Crippen molar-refractivity contribution >= 4 is 8.80 Å². The maximum atomic E-state index is 3.90. The smallest absolute Gasteiger partial charge is 0.0446 e. The number of hydrogen-bond acceptors (Lipinski definition) is 1. The van der Waals surface area contributed by atoms with E-state index < -0.39 is 8.80 Å². The lowest BCUT2D eigenvalue weighted by molar-refractivity contribution is 0.140. The van der Waals surface area contributed by atoms with E-state index in [-0.39, 0.29) is 5.54 Å².